The summed E-state index contributed by atoms with van der Waals surface area (Å²) < 4.78 is 10.9. The number of primary amides is 1. The standard InChI is InChI=1S/C19H18ClN3O5S/c1-2-27-18(25)15-12(22-19(26)23-16(15)14-4-3-7-29-14)9-28-13-6-5-10(20)8-11(13)17(21)24/h3-8,16H,2,9H2,1H3,(H2,21,24)(H2,22,23,26). The van der Waals surface area contributed by atoms with Crippen molar-refractivity contribution in [3.05, 3.63) is 62.4 Å². The Morgan fingerprint density at radius 1 is 1.31 bits per heavy atom. The van der Waals surface area contributed by atoms with Crippen molar-refractivity contribution in [2.45, 2.75) is 13.0 Å². The molecular weight excluding hydrogens is 418 g/mol. The second kappa shape index (κ2) is 8.97. The molecule has 0 saturated carbocycles. The van der Waals surface area contributed by atoms with Gasteiger partial charge in [-0.05, 0) is 36.6 Å². The van der Waals surface area contributed by atoms with Crippen molar-refractivity contribution in [1.29, 1.82) is 0 Å². The number of nitrogens with two attached hydrogens (primary N) is 1. The number of rotatable bonds is 7. The summed E-state index contributed by atoms with van der Waals surface area (Å²) in [5.74, 6) is -1.12. The van der Waals surface area contributed by atoms with E-state index in [4.69, 9.17) is 26.8 Å². The fraction of sp³-hybridized carbons (Fsp3) is 0.211. The summed E-state index contributed by atoms with van der Waals surface area (Å²) in [5, 5.41) is 7.49. The first-order chi connectivity index (χ1) is 13.9. The molecular formula is C19H18ClN3O5S. The lowest BCUT2D eigenvalue weighted by atomic mass is 10.0. The van der Waals surface area contributed by atoms with Crippen LogP contribution in [0.15, 0.2) is 47.0 Å². The highest BCUT2D eigenvalue weighted by Crippen LogP contribution is 2.31. The summed E-state index contributed by atoms with van der Waals surface area (Å²) in [4.78, 5) is 37.3. The quantitative estimate of drug-likeness (QED) is 0.577. The monoisotopic (exact) mass is 435 g/mol. The number of benzene rings is 1. The minimum atomic E-state index is -0.715. The summed E-state index contributed by atoms with van der Waals surface area (Å²) >= 11 is 7.30. The zero-order valence-corrected chi connectivity index (χ0v) is 16.9. The summed E-state index contributed by atoms with van der Waals surface area (Å²) in [6.07, 6.45) is 0. The van der Waals surface area contributed by atoms with Gasteiger partial charge in [-0.2, -0.15) is 0 Å². The Labute approximate surface area is 175 Å². The summed E-state index contributed by atoms with van der Waals surface area (Å²) in [6.45, 7) is 1.67. The first-order valence-electron chi connectivity index (χ1n) is 8.64. The Bertz CT molecular complexity index is 974. The maximum atomic E-state index is 12.6. The van der Waals surface area contributed by atoms with Crippen molar-refractivity contribution in [2.75, 3.05) is 13.2 Å². The van der Waals surface area contributed by atoms with Gasteiger partial charge in [-0.15, -0.1) is 11.3 Å². The molecule has 29 heavy (non-hydrogen) atoms. The number of hydrogen-bond donors (Lipinski definition) is 3. The third-order valence-corrected chi connectivity index (χ3v) is 5.23. The average molecular weight is 436 g/mol. The van der Waals surface area contributed by atoms with Crippen LogP contribution in [0.5, 0.6) is 5.75 Å². The number of carbonyl (C=O) groups excluding carboxylic acids is 3. The van der Waals surface area contributed by atoms with E-state index in [1.165, 1.54) is 23.5 Å². The third-order valence-electron chi connectivity index (χ3n) is 4.06. The van der Waals surface area contributed by atoms with Crippen LogP contribution >= 0.6 is 22.9 Å². The van der Waals surface area contributed by atoms with E-state index in [0.717, 1.165) is 4.88 Å². The minimum absolute atomic E-state index is 0.0888. The van der Waals surface area contributed by atoms with E-state index in [0.29, 0.717) is 5.02 Å². The molecule has 4 N–H and O–H groups in total. The lowest BCUT2D eigenvalue weighted by Gasteiger charge is -2.28. The van der Waals surface area contributed by atoms with Gasteiger partial charge in [0.1, 0.15) is 12.4 Å². The fourth-order valence-electron chi connectivity index (χ4n) is 2.82. The van der Waals surface area contributed by atoms with Gasteiger partial charge in [0.2, 0.25) is 0 Å². The maximum Gasteiger partial charge on any atom is 0.338 e. The molecule has 2 aromatic rings. The van der Waals surface area contributed by atoms with Gasteiger partial charge in [0, 0.05) is 9.90 Å². The molecule has 0 fully saturated rings. The van der Waals surface area contributed by atoms with Gasteiger partial charge in [0.15, 0.2) is 0 Å². The smallest absolute Gasteiger partial charge is 0.338 e. The minimum Gasteiger partial charge on any atom is -0.487 e. The van der Waals surface area contributed by atoms with Gasteiger partial charge in [-0.3, -0.25) is 4.79 Å². The predicted octanol–water partition coefficient (Wildman–Crippen LogP) is 2.75. The zero-order valence-electron chi connectivity index (χ0n) is 15.4. The molecule has 1 aromatic carbocycles. The Morgan fingerprint density at radius 3 is 2.76 bits per heavy atom. The molecule has 1 atom stereocenters. The zero-order chi connectivity index (χ0) is 21.0. The number of amides is 3. The van der Waals surface area contributed by atoms with Crippen LogP contribution in [0.3, 0.4) is 0 Å². The van der Waals surface area contributed by atoms with Gasteiger partial charge in [-0.25, -0.2) is 9.59 Å². The number of thiophene rings is 1. The number of hydrogen-bond acceptors (Lipinski definition) is 6. The van der Waals surface area contributed by atoms with E-state index in [1.807, 2.05) is 17.5 Å². The van der Waals surface area contributed by atoms with Gasteiger partial charge >= 0.3 is 12.0 Å². The molecule has 1 unspecified atom stereocenters. The van der Waals surface area contributed by atoms with Crippen LogP contribution in [0.2, 0.25) is 5.02 Å². The van der Waals surface area contributed by atoms with Gasteiger partial charge < -0.3 is 25.8 Å². The SMILES string of the molecule is CCOC(=O)C1=C(COc2ccc(Cl)cc2C(N)=O)NC(=O)NC1c1cccs1. The molecule has 1 aromatic heterocycles. The Hall–Kier alpha value is -3.04. The summed E-state index contributed by atoms with van der Waals surface area (Å²) in [5.41, 5.74) is 5.92. The molecule has 0 bridgehead atoms. The van der Waals surface area contributed by atoms with Crippen molar-refractivity contribution in [2.24, 2.45) is 5.73 Å². The Morgan fingerprint density at radius 2 is 2.10 bits per heavy atom. The first-order valence-corrected chi connectivity index (χ1v) is 9.89. The summed E-state index contributed by atoms with van der Waals surface area (Å²) in [7, 11) is 0. The topological polar surface area (TPSA) is 120 Å². The normalized spacial score (nSPS) is 16.1. The number of nitrogens with one attached hydrogen (secondary N) is 2. The van der Waals surface area contributed by atoms with Crippen molar-refractivity contribution < 1.29 is 23.9 Å². The molecule has 0 saturated heterocycles. The van der Waals surface area contributed by atoms with Crippen molar-refractivity contribution in [1.82, 2.24) is 10.6 Å². The molecule has 10 heteroatoms. The Balaban J connectivity index is 1.97. The third kappa shape index (κ3) is 4.69. The van der Waals surface area contributed by atoms with Crippen molar-refractivity contribution in [3.8, 4) is 5.75 Å². The van der Waals surface area contributed by atoms with Crippen LogP contribution in [-0.2, 0) is 9.53 Å². The lowest BCUT2D eigenvalue weighted by molar-refractivity contribution is -0.139. The van der Waals surface area contributed by atoms with E-state index < -0.39 is 23.9 Å². The molecule has 0 spiro atoms. The van der Waals surface area contributed by atoms with Gasteiger partial charge in [0.25, 0.3) is 5.91 Å². The van der Waals surface area contributed by atoms with E-state index in [9.17, 15) is 14.4 Å². The van der Waals surface area contributed by atoms with Crippen molar-refractivity contribution >= 4 is 40.8 Å². The lowest BCUT2D eigenvalue weighted by Crippen LogP contribution is -2.47. The highest BCUT2D eigenvalue weighted by molar-refractivity contribution is 7.10. The molecule has 0 radical (unpaired) electrons. The molecule has 8 nitrogen and oxygen atoms in total. The number of esters is 1. The van der Waals surface area contributed by atoms with E-state index in [2.05, 4.69) is 10.6 Å². The molecule has 3 rings (SSSR count). The molecule has 3 amide bonds. The number of halogens is 1. The first kappa shape index (κ1) is 20.7. The fourth-order valence-corrected chi connectivity index (χ4v) is 3.78. The summed E-state index contributed by atoms with van der Waals surface area (Å²) in [6, 6.07) is 6.88. The number of urea groups is 1. The van der Waals surface area contributed by atoms with Crippen LogP contribution in [0.1, 0.15) is 28.2 Å². The number of carbonyl (C=O) groups is 3. The largest absolute Gasteiger partial charge is 0.487 e. The number of ether oxygens (including phenoxy) is 2. The van der Waals surface area contributed by atoms with Crippen LogP contribution < -0.4 is 21.1 Å². The van der Waals surface area contributed by atoms with Gasteiger partial charge in [-0.1, -0.05) is 17.7 Å². The molecule has 0 aliphatic carbocycles. The second-order valence-corrected chi connectivity index (χ2v) is 7.37. The van der Waals surface area contributed by atoms with E-state index >= 15 is 0 Å². The highest BCUT2D eigenvalue weighted by atomic mass is 35.5. The van der Waals surface area contributed by atoms with Crippen molar-refractivity contribution in [3.63, 3.8) is 0 Å². The molecule has 1 aliphatic rings. The molecule has 152 valence electrons. The molecule has 1 aliphatic heterocycles. The average Bonchev–Trinajstić information content (AvgIpc) is 3.21. The van der Waals surface area contributed by atoms with Gasteiger partial charge in [0.05, 0.1) is 29.5 Å². The molecule has 2 heterocycles. The van der Waals surface area contributed by atoms with Crippen LogP contribution in [0.4, 0.5) is 4.79 Å². The van der Waals surface area contributed by atoms with Crippen LogP contribution in [-0.4, -0.2) is 31.1 Å². The van der Waals surface area contributed by atoms with Crippen LogP contribution in [0.25, 0.3) is 0 Å². The second-order valence-electron chi connectivity index (χ2n) is 5.95. The van der Waals surface area contributed by atoms with Crippen LogP contribution in [0, 0.1) is 0 Å². The highest BCUT2D eigenvalue weighted by Gasteiger charge is 2.34. The Kier molecular flexibility index (Phi) is 6.40. The maximum absolute atomic E-state index is 12.6. The van der Waals surface area contributed by atoms with E-state index in [1.54, 1.807) is 13.0 Å². The van der Waals surface area contributed by atoms with E-state index in [-0.39, 0.29) is 35.8 Å². The predicted molar refractivity (Wildman–Crippen MR) is 108 cm³/mol.